The zero-order chi connectivity index (χ0) is 25.7. The molecule has 192 valence electrons. The van der Waals surface area contributed by atoms with Gasteiger partial charge in [0.15, 0.2) is 5.82 Å². The van der Waals surface area contributed by atoms with Crippen molar-refractivity contribution in [2.45, 2.75) is 44.2 Å². The fourth-order valence-corrected chi connectivity index (χ4v) is 5.39. The van der Waals surface area contributed by atoms with E-state index in [2.05, 4.69) is 73.8 Å². The highest BCUT2D eigenvalue weighted by molar-refractivity contribution is 5.84. The molecule has 1 amide bonds. The number of hydrogen-bond donors (Lipinski definition) is 3. The Morgan fingerprint density at radius 2 is 1.71 bits per heavy atom. The molecule has 3 N–H and O–H groups in total. The van der Waals surface area contributed by atoms with Crippen LogP contribution < -0.4 is 10.6 Å². The fourth-order valence-electron chi connectivity index (χ4n) is 5.39. The molecule has 5 aromatic rings. The van der Waals surface area contributed by atoms with Gasteiger partial charge < -0.3 is 15.6 Å². The number of aryl methyl sites for hydroxylation is 2. The van der Waals surface area contributed by atoms with Crippen LogP contribution in [-0.2, 0) is 24.1 Å². The first-order chi connectivity index (χ1) is 18.8. The third-order valence-electron chi connectivity index (χ3n) is 7.35. The molecule has 1 saturated heterocycles. The molecule has 2 aromatic heterocycles. The van der Waals surface area contributed by atoms with E-state index in [0.717, 1.165) is 66.0 Å². The number of benzene rings is 3. The van der Waals surface area contributed by atoms with Crippen LogP contribution in [0, 0.1) is 0 Å². The van der Waals surface area contributed by atoms with E-state index in [-0.39, 0.29) is 18.0 Å². The first kappa shape index (κ1) is 24.1. The van der Waals surface area contributed by atoms with Crippen LogP contribution in [0.1, 0.15) is 41.7 Å². The summed E-state index contributed by atoms with van der Waals surface area (Å²) in [6.07, 6.45) is 6.10. The van der Waals surface area contributed by atoms with E-state index in [1.807, 2.05) is 42.6 Å². The normalized spacial score (nSPS) is 16.1. The average Bonchev–Trinajstić information content (AvgIpc) is 3.73. The van der Waals surface area contributed by atoms with E-state index < -0.39 is 0 Å². The van der Waals surface area contributed by atoms with Gasteiger partial charge in [-0.1, -0.05) is 66.7 Å². The SMILES string of the molecule is O=C(N[C@H](Cc1c[nH]c2ccccc12)c1nnc(CCc2ccccc2)n1-c1ccccc1)C1CCCN1. The van der Waals surface area contributed by atoms with Gasteiger partial charge in [-0.3, -0.25) is 9.36 Å². The molecule has 0 aliphatic carbocycles. The number of rotatable bonds is 9. The number of aromatic nitrogens is 4. The highest BCUT2D eigenvalue weighted by Gasteiger charge is 2.29. The summed E-state index contributed by atoms with van der Waals surface area (Å²) in [5.74, 6) is 1.64. The van der Waals surface area contributed by atoms with Crippen LogP contribution in [0.25, 0.3) is 16.6 Å². The summed E-state index contributed by atoms with van der Waals surface area (Å²) < 4.78 is 2.13. The van der Waals surface area contributed by atoms with Crippen molar-refractivity contribution in [1.29, 1.82) is 0 Å². The number of fused-ring (bicyclic) bond motifs is 1. The second kappa shape index (κ2) is 11.0. The van der Waals surface area contributed by atoms with E-state index >= 15 is 0 Å². The third-order valence-corrected chi connectivity index (χ3v) is 7.35. The summed E-state index contributed by atoms with van der Waals surface area (Å²) >= 11 is 0. The Morgan fingerprint density at radius 1 is 0.947 bits per heavy atom. The third kappa shape index (κ3) is 5.10. The fraction of sp³-hybridized carbons (Fsp3) is 0.258. The minimum atomic E-state index is -0.345. The molecule has 3 heterocycles. The molecule has 7 heteroatoms. The summed E-state index contributed by atoms with van der Waals surface area (Å²) in [6, 6.07) is 28.4. The highest BCUT2D eigenvalue weighted by Crippen LogP contribution is 2.27. The van der Waals surface area contributed by atoms with Crippen molar-refractivity contribution in [3.05, 3.63) is 114 Å². The molecule has 1 aliphatic rings. The number of carbonyl (C=O) groups excluding carboxylic acids is 1. The highest BCUT2D eigenvalue weighted by atomic mass is 16.2. The van der Waals surface area contributed by atoms with Crippen LogP contribution in [-0.4, -0.2) is 38.2 Å². The van der Waals surface area contributed by atoms with Crippen LogP contribution in [0.3, 0.4) is 0 Å². The minimum Gasteiger partial charge on any atom is -0.361 e. The second-order valence-electron chi connectivity index (χ2n) is 9.90. The lowest BCUT2D eigenvalue weighted by atomic mass is 10.0. The second-order valence-corrected chi connectivity index (χ2v) is 9.90. The van der Waals surface area contributed by atoms with Gasteiger partial charge >= 0.3 is 0 Å². The summed E-state index contributed by atoms with van der Waals surface area (Å²) in [7, 11) is 0. The van der Waals surface area contributed by atoms with Crippen LogP contribution in [0.4, 0.5) is 0 Å². The molecule has 7 nitrogen and oxygen atoms in total. The Kier molecular flexibility index (Phi) is 7.00. The monoisotopic (exact) mass is 504 g/mol. The molecule has 3 aromatic carbocycles. The molecule has 0 spiro atoms. The van der Waals surface area contributed by atoms with E-state index in [4.69, 9.17) is 5.10 Å². The van der Waals surface area contributed by atoms with E-state index in [1.54, 1.807) is 0 Å². The van der Waals surface area contributed by atoms with Gasteiger partial charge in [0, 0.05) is 35.6 Å². The molecule has 0 radical (unpaired) electrons. The number of nitrogens with one attached hydrogen (secondary N) is 3. The predicted molar refractivity (Wildman–Crippen MR) is 149 cm³/mol. The van der Waals surface area contributed by atoms with E-state index in [1.165, 1.54) is 5.56 Å². The van der Waals surface area contributed by atoms with E-state index in [0.29, 0.717) is 6.42 Å². The quantitative estimate of drug-likeness (QED) is 0.272. The van der Waals surface area contributed by atoms with Gasteiger partial charge in [-0.2, -0.15) is 0 Å². The summed E-state index contributed by atoms with van der Waals surface area (Å²) in [6.45, 7) is 0.870. The minimum absolute atomic E-state index is 0.0146. The van der Waals surface area contributed by atoms with Crippen LogP contribution in [0.5, 0.6) is 0 Å². The van der Waals surface area contributed by atoms with Gasteiger partial charge in [0.1, 0.15) is 5.82 Å². The van der Waals surface area contributed by atoms with Gasteiger partial charge in [-0.05, 0) is 55.1 Å². The summed E-state index contributed by atoms with van der Waals surface area (Å²) in [5, 5.41) is 17.2. The maximum absolute atomic E-state index is 13.3. The lowest BCUT2D eigenvalue weighted by molar-refractivity contribution is -0.123. The zero-order valence-corrected chi connectivity index (χ0v) is 21.3. The van der Waals surface area contributed by atoms with Gasteiger partial charge in [-0.15, -0.1) is 10.2 Å². The van der Waals surface area contributed by atoms with Crippen molar-refractivity contribution in [3.63, 3.8) is 0 Å². The van der Waals surface area contributed by atoms with Crippen LogP contribution in [0.2, 0.25) is 0 Å². The van der Waals surface area contributed by atoms with E-state index in [9.17, 15) is 4.79 Å². The number of nitrogens with zero attached hydrogens (tertiary/aromatic N) is 3. The topological polar surface area (TPSA) is 87.6 Å². The van der Waals surface area contributed by atoms with Crippen molar-refractivity contribution >= 4 is 16.8 Å². The zero-order valence-electron chi connectivity index (χ0n) is 21.3. The molecule has 6 rings (SSSR count). The Hall–Kier alpha value is -4.23. The molecule has 1 unspecified atom stereocenters. The molecular weight excluding hydrogens is 472 g/mol. The van der Waals surface area contributed by atoms with Gasteiger partial charge in [-0.25, -0.2) is 0 Å². The first-order valence-corrected chi connectivity index (χ1v) is 13.4. The molecule has 2 atom stereocenters. The molecular formula is C31H32N6O. The lowest BCUT2D eigenvalue weighted by Crippen LogP contribution is -2.43. The smallest absolute Gasteiger partial charge is 0.237 e. The number of H-pyrrole nitrogens is 1. The lowest BCUT2D eigenvalue weighted by Gasteiger charge is -2.22. The molecule has 1 fully saturated rings. The largest absolute Gasteiger partial charge is 0.361 e. The standard InChI is InChI=1S/C31H32N6O/c38-31(27-16-9-19-32-27)34-28(20-23-21-33-26-15-8-7-14-25(23)26)30-36-35-29(18-17-22-10-3-1-4-11-22)37(30)24-12-5-2-6-13-24/h1-8,10-15,21,27-28,32-33H,9,16-20H2,(H,34,38)/t27?,28-/m1/s1. The maximum atomic E-state index is 13.3. The van der Waals surface area contributed by atoms with Gasteiger partial charge in [0.2, 0.25) is 5.91 Å². The number of aromatic amines is 1. The van der Waals surface area contributed by atoms with Crippen LogP contribution >= 0.6 is 0 Å². The number of amides is 1. The van der Waals surface area contributed by atoms with Crippen molar-refractivity contribution in [2.24, 2.45) is 0 Å². The van der Waals surface area contributed by atoms with Crippen molar-refractivity contribution < 1.29 is 4.79 Å². The van der Waals surface area contributed by atoms with Crippen molar-refractivity contribution in [3.8, 4) is 5.69 Å². The first-order valence-electron chi connectivity index (χ1n) is 13.4. The predicted octanol–water partition coefficient (Wildman–Crippen LogP) is 4.69. The summed E-state index contributed by atoms with van der Waals surface area (Å²) in [4.78, 5) is 16.7. The van der Waals surface area contributed by atoms with Crippen molar-refractivity contribution in [2.75, 3.05) is 6.54 Å². The Bertz CT molecular complexity index is 1500. The molecule has 0 saturated carbocycles. The van der Waals surface area contributed by atoms with Gasteiger partial charge in [0.25, 0.3) is 0 Å². The maximum Gasteiger partial charge on any atom is 0.237 e. The van der Waals surface area contributed by atoms with Crippen LogP contribution in [0.15, 0.2) is 91.1 Å². The molecule has 1 aliphatic heterocycles. The summed E-state index contributed by atoms with van der Waals surface area (Å²) in [5.41, 5.74) is 4.47. The number of carbonyl (C=O) groups is 1. The average molecular weight is 505 g/mol. The Morgan fingerprint density at radius 3 is 2.50 bits per heavy atom. The number of hydrogen-bond acceptors (Lipinski definition) is 4. The van der Waals surface area contributed by atoms with Crippen molar-refractivity contribution in [1.82, 2.24) is 30.4 Å². The molecule has 38 heavy (non-hydrogen) atoms. The van der Waals surface area contributed by atoms with Gasteiger partial charge in [0.05, 0.1) is 12.1 Å². The Balaban J connectivity index is 1.38. The molecule has 0 bridgehead atoms. The number of para-hydroxylation sites is 2. The Labute approximate surface area is 222 Å².